The molecule has 6 heteroatoms. The van der Waals surface area contributed by atoms with Gasteiger partial charge >= 0.3 is 0 Å². The van der Waals surface area contributed by atoms with Crippen LogP contribution in [0.4, 0.5) is 5.82 Å². The molecule has 22 heavy (non-hydrogen) atoms. The largest absolute Gasteiger partial charge is 0.361 e. The van der Waals surface area contributed by atoms with Crippen LogP contribution in [0, 0.1) is 6.92 Å². The third-order valence-electron chi connectivity index (χ3n) is 4.50. The number of nitrogens with one attached hydrogen (secondary N) is 2. The minimum absolute atomic E-state index is 0.295. The van der Waals surface area contributed by atoms with Crippen molar-refractivity contribution < 1.29 is 0 Å². The molecule has 2 aliphatic rings. The van der Waals surface area contributed by atoms with Crippen LogP contribution in [-0.4, -0.2) is 28.0 Å². The highest BCUT2D eigenvalue weighted by molar-refractivity contribution is 7.11. The number of rotatable bonds is 2. The number of thiazole rings is 1. The molecule has 1 aliphatic heterocycles. The van der Waals surface area contributed by atoms with Crippen molar-refractivity contribution in [3.05, 3.63) is 33.2 Å². The van der Waals surface area contributed by atoms with Crippen molar-refractivity contribution in [1.82, 2.24) is 20.3 Å². The van der Waals surface area contributed by atoms with Gasteiger partial charge in [-0.1, -0.05) is 0 Å². The van der Waals surface area contributed by atoms with Crippen LogP contribution in [0.5, 0.6) is 0 Å². The minimum Gasteiger partial charge on any atom is -0.361 e. The first-order chi connectivity index (χ1) is 10.8. The summed E-state index contributed by atoms with van der Waals surface area (Å²) in [4.78, 5) is 15.2. The van der Waals surface area contributed by atoms with E-state index in [-0.39, 0.29) is 0 Å². The van der Waals surface area contributed by atoms with Crippen LogP contribution in [0.2, 0.25) is 0 Å². The van der Waals surface area contributed by atoms with Crippen LogP contribution in [0.1, 0.15) is 45.7 Å². The van der Waals surface area contributed by atoms with E-state index in [0.29, 0.717) is 6.04 Å². The Morgan fingerprint density at radius 1 is 1.23 bits per heavy atom. The standard InChI is InChI=1S/C16H21N5S/c1-10-20-15-13(3-2-4-14(15)22-10)21-16-11-5-7-17-8-6-12(11)18-9-19-16/h9,13,17H,2-8H2,1H3,(H,18,19,21)/t13-/m1/s1. The van der Waals surface area contributed by atoms with Crippen molar-refractivity contribution >= 4 is 17.2 Å². The van der Waals surface area contributed by atoms with E-state index in [0.717, 1.165) is 38.2 Å². The zero-order chi connectivity index (χ0) is 14.9. The minimum atomic E-state index is 0.295. The fraction of sp³-hybridized carbons (Fsp3) is 0.562. The molecule has 0 amide bonds. The average molecular weight is 315 g/mol. The van der Waals surface area contributed by atoms with Gasteiger partial charge in [0.05, 0.1) is 22.4 Å². The number of nitrogens with zero attached hydrogens (tertiary/aromatic N) is 3. The second kappa shape index (κ2) is 5.93. The maximum atomic E-state index is 4.76. The summed E-state index contributed by atoms with van der Waals surface area (Å²) in [6.45, 7) is 4.10. The van der Waals surface area contributed by atoms with Gasteiger partial charge in [0.2, 0.25) is 0 Å². The highest BCUT2D eigenvalue weighted by Crippen LogP contribution is 2.35. The van der Waals surface area contributed by atoms with Crippen molar-refractivity contribution in [2.75, 3.05) is 18.4 Å². The van der Waals surface area contributed by atoms with Crippen molar-refractivity contribution in [2.24, 2.45) is 0 Å². The molecular formula is C16H21N5S. The third kappa shape index (κ3) is 2.61. The molecule has 2 aromatic rings. The fourth-order valence-corrected chi connectivity index (χ4v) is 4.48. The summed E-state index contributed by atoms with van der Waals surface area (Å²) in [6.07, 6.45) is 7.20. The van der Waals surface area contributed by atoms with Crippen LogP contribution in [0.25, 0.3) is 0 Å². The number of aryl methyl sites for hydroxylation is 2. The first-order valence-corrected chi connectivity index (χ1v) is 8.89. The first-order valence-electron chi connectivity index (χ1n) is 8.07. The lowest BCUT2D eigenvalue weighted by molar-refractivity contribution is 0.590. The lowest BCUT2D eigenvalue weighted by Gasteiger charge is -2.24. The lowest BCUT2D eigenvalue weighted by Crippen LogP contribution is -2.19. The molecule has 3 heterocycles. The number of aromatic nitrogens is 3. The van der Waals surface area contributed by atoms with Gasteiger partial charge in [-0.3, -0.25) is 0 Å². The highest BCUT2D eigenvalue weighted by Gasteiger charge is 2.25. The van der Waals surface area contributed by atoms with Gasteiger partial charge in [0.25, 0.3) is 0 Å². The molecule has 4 rings (SSSR count). The van der Waals surface area contributed by atoms with Gasteiger partial charge in [-0.25, -0.2) is 15.0 Å². The van der Waals surface area contributed by atoms with Crippen LogP contribution in [0.15, 0.2) is 6.33 Å². The van der Waals surface area contributed by atoms with E-state index < -0.39 is 0 Å². The second-order valence-electron chi connectivity index (χ2n) is 6.03. The number of hydrogen-bond acceptors (Lipinski definition) is 6. The molecule has 2 N–H and O–H groups in total. The molecular weight excluding hydrogens is 294 g/mol. The molecule has 0 radical (unpaired) electrons. The van der Waals surface area contributed by atoms with Gasteiger partial charge in [-0.15, -0.1) is 11.3 Å². The van der Waals surface area contributed by atoms with Crippen molar-refractivity contribution in [1.29, 1.82) is 0 Å². The van der Waals surface area contributed by atoms with Crippen molar-refractivity contribution in [3.8, 4) is 0 Å². The third-order valence-corrected chi connectivity index (χ3v) is 5.54. The highest BCUT2D eigenvalue weighted by atomic mass is 32.1. The molecule has 2 aromatic heterocycles. The predicted octanol–water partition coefficient (Wildman–Crippen LogP) is 2.42. The number of anilines is 1. The summed E-state index contributed by atoms with van der Waals surface area (Å²) in [5.41, 5.74) is 3.72. The lowest BCUT2D eigenvalue weighted by atomic mass is 9.97. The SMILES string of the molecule is Cc1nc2c(s1)CCC[C@H]2Nc1ncnc2c1CCNCC2. The topological polar surface area (TPSA) is 62.7 Å². The summed E-state index contributed by atoms with van der Waals surface area (Å²) >= 11 is 1.84. The molecule has 0 fully saturated rings. The van der Waals surface area contributed by atoms with Crippen LogP contribution < -0.4 is 10.6 Å². The zero-order valence-corrected chi connectivity index (χ0v) is 13.7. The molecule has 0 unspecified atom stereocenters. The van der Waals surface area contributed by atoms with E-state index >= 15 is 0 Å². The van der Waals surface area contributed by atoms with Gasteiger partial charge in [0, 0.05) is 23.4 Å². The monoisotopic (exact) mass is 315 g/mol. The second-order valence-corrected chi connectivity index (χ2v) is 7.32. The first kappa shape index (κ1) is 14.1. The van der Waals surface area contributed by atoms with E-state index in [1.807, 2.05) is 11.3 Å². The summed E-state index contributed by atoms with van der Waals surface area (Å²) < 4.78 is 0. The summed E-state index contributed by atoms with van der Waals surface area (Å²) in [5.74, 6) is 1.01. The number of hydrogen-bond donors (Lipinski definition) is 2. The summed E-state index contributed by atoms with van der Waals surface area (Å²) in [6, 6.07) is 0.295. The Morgan fingerprint density at radius 2 is 2.14 bits per heavy atom. The van der Waals surface area contributed by atoms with Crippen LogP contribution in [0.3, 0.4) is 0 Å². The zero-order valence-electron chi connectivity index (χ0n) is 12.9. The van der Waals surface area contributed by atoms with Gasteiger partial charge in [-0.05, 0) is 39.2 Å². The normalized spacial score (nSPS) is 20.9. The molecule has 0 saturated carbocycles. The number of fused-ring (bicyclic) bond motifs is 2. The molecule has 0 aromatic carbocycles. The molecule has 5 nitrogen and oxygen atoms in total. The van der Waals surface area contributed by atoms with Crippen LogP contribution >= 0.6 is 11.3 Å². The Balaban J connectivity index is 1.65. The average Bonchev–Trinajstić information content (AvgIpc) is 2.75. The quantitative estimate of drug-likeness (QED) is 0.891. The molecule has 0 bridgehead atoms. The summed E-state index contributed by atoms with van der Waals surface area (Å²) in [7, 11) is 0. The van der Waals surface area contributed by atoms with E-state index in [2.05, 4.69) is 27.5 Å². The van der Waals surface area contributed by atoms with E-state index in [4.69, 9.17) is 4.98 Å². The predicted molar refractivity (Wildman–Crippen MR) is 88.5 cm³/mol. The Labute approximate surface area is 134 Å². The summed E-state index contributed by atoms with van der Waals surface area (Å²) in [5, 5.41) is 8.28. The molecule has 0 spiro atoms. The Kier molecular flexibility index (Phi) is 3.80. The van der Waals surface area contributed by atoms with Gasteiger partial charge < -0.3 is 10.6 Å². The van der Waals surface area contributed by atoms with Gasteiger partial charge in [0.15, 0.2) is 0 Å². The van der Waals surface area contributed by atoms with Crippen LogP contribution in [-0.2, 0) is 19.3 Å². The van der Waals surface area contributed by atoms with E-state index in [9.17, 15) is 0 Å². The van der Waals surface area contributed by atoms with Gasteiger partial charge in [0.1, 0.15) is 12.1 Å². The van der Waals surface area contributed by atoms with E-state index in [1.165, 1.54) is 39.7 Å². The van der Waals surface area contributed by atoms with Gasteiger partial charge in [-0.2, -0.15) is 0 Å². The Hall–Kier alpha value is -1.53. The molecule has 0 saturated heterocycles. The fourth-order valence-electron chi connectivity index (χ4n) is 3.44. The smallest absolute Gasteiger partial charge is 0.133 e. The maximum absolute atomic E-state index is 4.76. The Morgan fingerprint density at radius 3 is 3.09 bits per heavy atom. The van der Waals surface area contributed by atoms with E-state index in [1.54, 1.807) is 6.33 Å². The maximum Gasteiger partial charge on any atom is 0.133 e. The van der Waals surface area contributed by atoms with Crippen molar-refractivity contribution in [3.63, 3.8) is 0 Å². The molecule has 1 atom stereocenters. The molecule has 116 valence electrons. The van der Waals surface area contributed by atoms with Crippen molar-refractivity contribution in [2.45, 2.75) is 45.1 Å². The Bertz CT molecular complexity index is 681. The molecule has 1 aliphatic carbocycles.